The lowest BCUT2D eigenvalue weighted by atomic mass is 9.95. The van der Waals surface area contributed by atoms with Crippen LogP contribution in [-0.2, 0) is 21.8 Å². The average Bonchev–Trinajstić information content (AvgIpc) is 3.64. The third-order valence-electron chi connectivity index (χ3n) is 7.41. The molecule has 0 atom stereocenters. The molecular weight excluding hydrogens is 593 g/mol. The Balaban J connectivity index is 1.45. The average molecular weight is 619 g/mol. The van der Waals surface area contributed by atoms with Gasteiger partial charge in [0.2, 0.25) is 11.9 Å². The van der Waals surface area contributed by atoms with E-state index < -0.39 is 22.5 Å². The minimum absolute atomic E-state index is 0.000890. The molecular formula is C30H25F3N8O2S. The van der Waals surface area contributed by atoms with Crippen molar-refractivity contribution in [2.45, 2.75) is 13.1 Å². The Morgan fingerprint density at radius 1 is 1.11 bits per heavy atom. The number of rotatable bonds is 6. The lowest BCUT2D eigenvalue weighted by molar-refractivity contribution is -0.137. The first kappa shape index (κ1) is 29.2. The second-order valence-electron chi connectivity index (χ2n) is 10.3. The Morgan fingerprint density at radius 3 is 2.57 bits per heavy atom. The topological polar surface area (TPSA) is 121 Å². The van der Waals surface area contributed by atoms with Gasteiger partial charge in [-0.3, -0.25) is 19.2 Å². The molecule has 1 fully saturated rings. The molecule has 0 unspecified atom stereocenters. The van der Waals surface area contributed by atoms with Crippen molar-refractivity contribution in [2.24, 2.45) is 0 Å². The third kappa shape index (κ3) is 5.84. The van der Waals surface area contributed by atoms with Crippen molar-refractivity contribution in [2.75, 3.05) is 36.5 Å². The molecule has 224 valence electrons. The van der Waals surface area contributed by atoms with Gasteiger partial charge in [-0.1, -0.05) is 12.1 Å². The van der Waals surface area contributed by atoms with E-state index in [2.05, 4.69) is 26.6 Å². The van der Waals surface area contributed by atoms with Crippen LogP contribution in [0.15, 0.2) is 67.0 Å². The van der Waals surface area contributed by atoms with Crippen LogP contribution in [0.3, 0.4) is 0 Å². The first-order valence-electron chi connectivity index (χ1n) is 13.6. The fourth-order valence-electron chi connectivity index (χ4n) is 5.20. The number of nitriles is 1. The largest absolute Gasteiger partial charge is 0.416 e. The minimum Gasteiger partial charge on any atom is -0.293 e. The summed E-state index contributed by atoms with van der Waals surface area (Å²) in [5, 5.41) is 20.8. The molecule has 1 saturated heterocycles. The molecule has 1 N–H and O–H groups in total. The number of benzene rings is 2. The Hall–Kier alpha value is -4.87. The molecule has 3 aromatic heterocycles. The normalized spacial score (nSPS) is 14.5. The number of anilines is 1. The number of carbonyl (C=O) groups excluding carboxylic acids is 1. The number of hydrogen-bond acceptors (Lipinski definition) is 7. The van der Waals surface area contributed by atoms with Crippen molar-refractivity contribution in [1.29, 1.82) is 5.26 Å². The molecule has 14 heteroatoms. The fourth-order valence-corrected chi connectivity index (χ4v) is 6.33. The van der Waals surface area contributed by atoms with Gasteiger partial charge in [0.05, 0.1) is 41.3 Å². The predicted molar refractivity (Wildman–Crippen MR) is 158 cm³/mol. The van der Waals surface area contributed by atoms with E-state index in [1.165, 1.54) is 10.6 Å². The quantitative estimate of drug-likeness (QED) is 0.299. The van der Waals surface area contributed by atoms with Crippen molar-refractivity contribution < 1.29 is 22.2 Å². The first-order valence-corrected chi connectivity index (χ1v) is 15.1. The van der Waals surface area contributed by atoms with Crippen LogP contribution >= 0.6 is 0 Å². The van der Waals surface area contributed by atoms with Gasteiger partial charge in [-0.2, -0.15) is 28.5 Å². The van der Waals surface area contributed by atoms with Crippen LogP contribution in [0.1, 0.15) is 16.7 Å². The molecule has 6 rings (SSSR count). The molecule has 10 nitrogen and oxygen atoms in total. The third-order valence-corrected chi connectivity index (χ3v) is 8.69. The summed E-state index contributed by atoms with van der Waals surface area (Å²) >= 11 is 0. The number of halogens is 3. The number of nitrogens with zero attached hydrogens (tertiary/aromatic N) is 7. The molecule has 0 spiro atoms. The Kier molecular flexibility index (Phi) is 7.74. The van der Waals surface area contributed by atoms with Gasteiger partial charge in [0, 0.05) is 52.7 Å². The highest BCUT2D eigenvalue weighted by Gasteiger charge is 2.31. The Bertz CT molecular complexity index is 1930. The summed E-state index contributed by atoms with van der Waals surface area (Å²) in [6.07, 6.45) is -1.26. The molecule has 0 saturated carbocycles. The molecule has 0 radical (unpaired) electrons. The first-order chi connectivity index (χ1) is 21.1. The highest BCUT2D eigenvalue weighted by atomic mass is 32.2. The fraction of sp³-hybridized carbons (Fsp3) is 0.233. The monoisotopic (exact) mass is 618 g/mol. The maximum atomic E-state index is 13.7. The van der Waals surface area contributed by atoms with Crippen LogP contribution < -0.4 is 5.32 Å². The highest BCUT2D eigenvalue weighted by molar-refractivity contribution is 7.85. The maximum absolute atomic E-state index is 13.7. The van der Waals surface area contributed by atoms with E-state index in [4.69, 9.17) is 0 Å². The van der Waals surface area contributed by atoms with Crippen molar-refractivity contribution in [3.63, 3.8) is 0 Å². The number of hydrogen-bond donors (Lipinski definition) is 1. The number of amides is 1. The standard InChI is InChI=1S/C30H25F3N8O2S/c1-19-24(25-9-10-35-41(25)23-7-5-20(16-34)6-8-23)17-40-28(27(19)21-3-2-4-22(15-21)30(31,32)33)37-29(38-40)36-26(42)18-39-11-13-44(43)14-12-39/h2-10,15,17H,11-14,18H2,1H3,(H,36,38,42). The smallest absolute Gasteiger partial charge is 0.293 e. The lowest BCUT2D eigenvalue weighted by Crippen LogP contribution is -2.42. The second-order valence-corrected chi connectivity index (χ2v) is 12.0. The van der Waals surface area contributed by atoms with E-state index in [0.717, 1.165) is 12.1 Å². The summed E-state index contributed by atoms with van der Waals surface area (Å²) in [6.45, 7) is 2.93. The molecule has 4 heterocycles. The van der Waals surface area contributed by atoms with Gasteiger partial charge in [-0.05, 0) is 60.5 Å². The number of alkyl halides is 3. The van der Waals surface area contributed by atoms with E-state index in [1.54, 1.807) is 60.4 Å². The van der Waals surface area contributed by atoms with E-state index in [9.17, 15) is 27.4 Å². The van der Waals surface area contributed by atoms with Crippen molar-refractivity contribution in [3.8, 4) is 34.1 Å². The summed E-state index contributed by atoms with van der Waals surface area (Å²) in [7, 11) is -0.877. The summed E-state index contributed by atoms with van der Waals surface area (Å²) in [4.78, 5) is 19.3. The molecule has 0 aliphatic carbocycles. The molecule has 1 amide bonds. The van der Waals surface area contributed by atoms with Gasteiger partial charge < -0.3 is 0 Å². The molecule has 0 bridgehead atoms. The van der Waals surface area contributed by atoms with Crippen LogP contribution in [0.25, 0.3) is 33.7 Å². The van der Waals surface area contributed by atoms with Crippen LogP contribution in [0.5, 0.6) is 0 Å². The van der Waals surface area contributed by atoms with E-state index >= 15 is 0 Å². The van der Waals surface area contributed by atoms with Gasteiger partial charge >= 0.3 is 6.18 Å². The van der Waals surface area contributed by atoms with E-state index in [1.807, 2.05) is 4.90 Å². The number of carbonyl (C=O) groups is 1. The lowest BCUT2D eigenvalue weighted by Gasteiger charge is -2.24. The van der Waals surface area contributed by atoms with Gasteiger partial charge in [0.15, 0.2) is 5.65 Å². The molecule has 2 aromatic carbocycles. The SMILES string of the molecule is Cc1c(-c2ccnn2-c2ccc(C#N)cc2)cn2nc(NC(=O)CN3CCS(=O)CC3)nc2c1-c1cccc(C(F)(F)F)c1. The van der Waals surface area contributed by atoms with Crippen LogP contribution in [0, 0.1) is 18.3 Å². The molecule has 1 aliphatic heterocycles. The zero-order chi connectivity index (χ0) is 31.0. The predicted octanol–water partition coefficient (Wildman–Crippen LogP) is 4.45. The number of pyridine rings is 1. The minimum atomic E-state index is -4.56. The van der Waals surface area contributed by atoms with Crippen LogP contribution in [0.4, 0.5) is 19.1 Å². The van der Waals surface area contributed by atoms with E-state index in [-0.39, 0.29) is 29.6 Å². The molecule has 1 aliphatic rings. The van der Waals surface area contributed by atoms with E-state index in [0.29, 0.717) is 58.2 Å². The Labute approximate surface area is 252 Å². The van der Waals surface area contributed by atoms with Gasteiger partial charge in [0.25, 0.3) is 0 Å². The van der Waals surface area contributed by atoms with Gasteiger partial charge in [0.1, 0.15) is 0 Å². The summed E-state index contributed by atoms with van der Waals surface area (Å²) < 4.78 is 55.9. The Morgan fingerprint density at radius 2 is 1.86 bits per heavy atom. The maximum Gasteiger partial charge on any atom is 0.416 e. The zero-order valence-corrected chi connectivity index (χ0v) is 24.2. The summed E-state index contributed by atoms with van der Waals surface area (Å²) in [5.41, 5.74) is 3.18. The summed E-state index contributed by atoms with van der Waals surface area (Å²) in [6, 6.07) is 15.7. The van der Waals surface area contributed by atoms with Crippen LogP contribution in [0.2, 0.25) is 0 Å². The second kappa shape index (κ2) is 11.7. The summed E-state index contributed by atoms with van der Waals surface area (Å²) in [5.74, 6) is 0.647. The van der Waals surface area contributed by atoms with Crippen molar-refractivity contribution in [3.05, 3.63) is 83.7 Å². The molecule has 5 aromatic rings. The highest BCUT2D eigenvalue weighted by Crippen LogP contribution is 2.38. The van der Waals surface area contributed by atoms with Crippen molar-refractivity contribution >= 4 is 28.3 Å². The number of fused-ring (bicyclic) bond motifs is 1. The zero-order valence-electron chi connectivity index (χ0n) is 23.4. The van der Waals surface area contributed by atoms with Crippen molar-refractivity contribution in [1.82, 2.24) is 29.3 Å². The van der Waals surface area contributed by atoms with Gasteiger partial charge in [-0.15, -0.1) is 5.10 Å². The van der Waals surface area contributed by atoms with Gasteiger partial charge in [-0.25, -0.2) is 9.20 Å². The number of aromatic nitrogens is 5. The van der Waals surface area contributed by atoms with Crippen LogP contribution in [-0.4, -0.2) is 70.5 Å². The molecule has 44 heavy (non-hydrogen) atoms. The number of nitrogens with one attached hydrogen (secondary N) is 1.